The van der Waals surface area contributed by atoms with Crippen molar-refractivity contribution in [3.05, 3.63) is 65.9 Å². The maximum Gasteiger partial charge on any atom is 0.341 e. The molecule has 1 heterocycles. The van der Waals surface area contributed by atoms with Crippen molar-refractivity contribution in [3.8, 4) is 0 Å². The minimum absolute atomic E-state index is 0.253. The molecule has 1 aliphatic heterocycles. The van der Waals surface area contributed by atoms with E-state index < -0.39 is 18.2 Å². The van der Waals surface area contributed by atoms with Gasteiger partial charge in [-0.2, -0.15) is 0 Å². The van der Waals surface area contributed by atoms with Gasteiger partial charge in [0.05, 0.1) is 7.11 Å². The fourth-order valence-electron chi connectivity index (χ4n) is 2.50. The molecule has 0 aliphatic carbocycles. The van der Waals surface area contributed by atoms with Crippen LogP contribution in [0.4, 0.5) is 0 Å². The number of carbonyl (C=O) groups is 2. The molecule has 0 spiro atoms. The third kappa shape index (κ3) is 3.01. The number of fused-ring (bicyclic) bond motifs is 1. The van der Waals surface area contributed by atoms with Crippen molar-refractivity contribution in [2.24, 2.45) is 0 Å². The van der Waals surface area contributed by atoms with Crippen LogP contribution in [0.1, 0.15) is 12.5 Å². The summed E-state index contributed by atoms with van der Waals surface area (Å²) in [5, 5.41) is 1.89. The highest BCUT2D eigenvalue weighted by Gasteiger charge is 2.24. The van der Waals surface area contributed by atoms with Crippen LogP contribution >= 0.6 is 0 Å². The first-order valence-corrected chi connectivity index (χ1v) is 7.41. The second-order valence-corrected chi connectivity index (χ2v) is 5.31. The van der Waals surface area contributed by atoms with Crippen molar-refractivity contribution in [1.29, 1.82) is 0 Å². The molecule has 2 aromatic rings. The molecule has 0 N–H and O–H groups in total. The molecule has 5 nitrogen and oxygen atoms in total. The zero-order chi connectivity index (χ0) is 17.1. The van der Waals surface area contributed by atoms with Gasteiger partial charge >= 0.3 is 11.9 Å². The Morgan fingerprint density at radius 3 is 2.62 bits per heavy atom. The lowest BCUT2D eigenvalue weighted by Gasteiger charge is -2.12. The summed E-state index contributed by atoms with van der Waals surface area (Å²) in [6, 6.07) is 13.3. The lowest BCUT2D eigenvalue weighted by atomic mass is 9.99. The normalized spacial score (nSPS) is 17.4. The highest BCUT2D eigenvalue weighted by atomic mass is 16.7. The third-order valence-corrected chi connectivity index (χ3v) is 3.74. The van der Waals surface area contributed by atoms with Gasteiger partial charge in [-0.05, 0) is 23.3 Å². The minimum atomic E-state index is -0.841. The number of hydrogen-bond acceptors (Lipinski definition) is 5. The Labute approximate surface area is 139 Å². The van der Waals surface area contributed by atoms with E-state index >= 15 is 0 Å². The van der Waals surface area contributed by atoms with Gasteiger partial charge in [0, 0.05) is 11.6 Å². The summed E-state index contributed by atoms with van der Waals surface area (Å²) in [7, 11) is 1.31. The van der Waals surface area contributed by atoms with Crippen LogP contribution < -0.4 is 0 Å². The largest absolute Gasteiger partial charge is 0.465 e. The van der Waals surface area contributed by atoms with Crippen LogP contribution in [0, 0.1) is 0 Å². The van der Waals surface area contributed by atoms with E-state index in [2.05, 4.69) is 0 Å². The van der Waals surface area contributed by atoms with E-state index in [9.17, 15) is 9.59 Å². The van der Waals surface area contributed by atoms with Crippen molar-refractivity contribution < 1.29 is 23.8 Å². The van der Waals surface area contributed by atoms with Gasteiger partial charge in [-0.25, -0.2) is 9.59 Å². The topological polar surface area (TPSA) is 61.8 Å². The quantitative estimate of drug-likeness (QED) is 0.491. The predicted octanol–water partition coefficient (Wildman–Crippen LogP) is 3.20. The summed E-state index contributed by atoms with van der Waals surface area (Å²) in [5.74, 6) is -0.963. The Balaban J connectivity index is 1.99. The third-order valence-electron chi connectivity index (χ3n) is 3.74. The smallest absolute Gasteiger partial charge is 0.341 e. The molecule has 1 aliphatic rings. The van der Waals surface area contributed by atoms with Crippen LogP contribution in [0.15, 0.2) is 60.4 Å². The molecule has 0 aromatic heterocycles. The van der Waals surface area contributed by atoms with E-state index in [0.717, 1.165) is 10.8 Å². The van der Waals surface area contributed by atoms with Crippen LogP contribution in [0.25, 0.3) is 16.3 Å². The molecule has 24 heavy (non-hydrogen) atoms. The monoisotopic (exact) mass is 324 g/mol. The van der Waals surface area contributed by atoms with E-state index in [0.29, 0.717) is 11.1 Å². The van der Waals surface area contributed by atoms with Gasteiger partial charge in [0.2, 0.25) is 0 Å². The number of esters is 2. The fraction of sp³-hybridized carbons (Fsp3) is 0.158. The Bertz CT molecular complexity index is 858. The summed E-state index contributed by atoms with van der Waals surface area (Å²) in [6.07, 6.45) is 1.99. The molecule has 0 saturated heterocycles. The van der Waals surface area contributed by atoms with Crippen LogP contribution in [-0.2, 0) is 23.8 Å². The van der Waals surface area contributed by atoms with Crippen LogP contribution in [-0.4, -0.2) is 25.3 Å². The van der Waals surface area contributed by atoms with Gasteiger partial charge in [-0.15, -0.1) is 0 Å². The van der Waals surface area contributed by atoms with Crippen LogP contribution in [0.3, 0.4) is 0 Å². The van der Waals surface area contributed by atoms with Crippen molar-refractivity contribution in [1.82, 2.24) is 0 Å². The molecule has 1 atom stereocenters. The van der Waals surface area contributed by atoms with Gasteiger partial charge in [-0.3, -0.25) is 0 Å². The van der Waals surface area contributed by atoms with Crippen molar-refractivity contribution in [3.63, 3.8) is 0 Å². The Hall–Kier alpha value is -3.08. The number of ether oxygens (including phenoxy) is 3. The molecule has 1 unspecified atom stereocenters. The fourth-order valence-corrected chi connectivity index (χ4v) is 2.50. The average molecular weight is 324 g/mol. The van der Waals surface area contributed by atoms with Gasteiger partial charge in [0.15, 0.2) is 0 Å². The molecule has 0 bridgehead atoms. The Morgan fingerprint density at radius 2 is 1.92 bits per heavy atom. The van der Waals surface area contributed by atoms with Crippen LogP contribution in [0.2, 0.25) is 0 Å². The zero-order valence-electron chi connectivity index (χ0n) is 13.3. The van der Waals surface area contributed by atoms with E-state index in [1.807, 2.05) is 42.5 Å². The number of benzene rings is 2. The van der Waals surface area contributed by atoms with E-state index in [1.54, 1.807) is 13.0 Å². The highest BCUT2D eigenvalue weighted by Crippen LogP contribution is 2.27. The van der Waals surface area contributed by atoms with Gasteiger partial charge in [0.25, 0.3) is 6.29 Å². The second-order valence-electron chi connectivity index (χ2n) is 5.31. The predicted molar refractivity (Wildman–Crippen MR) is 88.7 cm³/mol. The first kappa shape index (κ1) is 15.8. The van der Waals surface area contributed by atoms with Gasteiger partial charge < -0.3 is 14.2 Å². The molecule has 122 valence electrons. The molecule has 2 aromatic carbocycles. The molecule has 5 heteroatoms. The molecule has 0 saturated carbocycles. The van der Waals surface area contributed by atoms with E-state index in [1.165, 1.54) is 13.4 Å². The van der Waals surface area contributed by atoms with E-state index in [4.69, 9.17) is 14.2 Å². The number of rotatable bonds is 4. The molecule has 0 radical (unpaired) electrons. The minimum Gasteiger partial charge on any atom is -0.465 e. The summed E-state index contributed by atoms with van der Waals surface area (Å²) in [6.45, 7) is 1.64. The van der Waals surface area contributed by atoms with E-state index in [-0.39, 0.29) is 5.57 Å². The molecular weight excluding hydrogens is 308 g/mol. The Kier molecular flexibility index (Phi) is 4.33. The summed E-state index contributed by atoms with van der Waals surface area (Å²) >= 11 is 0. The summed E-state index contributed by atoms with van der Waals surface area (Å²) < 4.78 is 15.3. The maximum atomic E-state index is 12.2. The van der Waals surface area contributed by atoms with Crippen molar-refractivity contribution in [2.45, 2.75) is 13.2 Å². The van der Waals surface area contributed by atoms with Gasteiger partial charge in [0.1, 0.15) is 11.8 Å². The number of carbonyl (C=O) groups excluding carboxylic acids is 2. The van der Waals surface area contributed by atoms with Crippen LogP contribution in [0.5, 0.6) is 0 Å². The second kappa shape index (κ2) is 6.58. The van der Waals surface area contributed by atoms with Crippen molar-refractivity contribution in [2.75, 3.05) is 7.11 Å². The zero-order valence-corrected chi connectivity index (χ0v) is 13.3. The molecule has 3 rings (SSSR count). The molecular formula is C19H16O5. The lowest BCUT2D eigenvalue weighted by Crippen LogP contribution is -2.11. The Morgan fingerprint density at radius 1 is 1.17 bits per heavy atom. The van der Waals surface area contributed by atoms with Crippen molar-refractivity contribution >= 4 is 28.3 Å². The summed E-state index contributed by atoms with van der Waals surface area (Å²) in [5.41, 5.74) is 1.41. The number of methoxy groups -OCH3 is 1. The lowest BCUT2D eigenvalue weighted by molar-refractivity contribution is -0.152. The highest BCUT2D eigenvalue weighted by molar-refractivity contribution is 6.19. The number of cyclic esters (lactones) is 1. The summed E-state index contributed by atoms with van der Waals surface area (Å²) in [4.78, 5) is 23.6. The first-order valence-electron chi connectivity index (χ1n) is 7.41. The van der Waals surface area contributed by atoms with Gasteiger partial charge in [-0.1, -0.05) is 42.5 Å². The average Bonchev–Trinajstić information content (AvgIpc) is 2.93. The maximum absolute atomic E-state index is 12.2. The molecule has 0 fully saturated rings. The number of hydrogen-bond donors (Lipinski definition) is 0. The SMILES string of the molecule is COC(=O)/C(=C/OC1C=C(C)C(=O)O1)c1cccc2ccccc12. The first-order chi connectivity index (χ1) is 11.6. The molecule has 0 amide bonds. The standard InChI is InChI=1S/C19H16O5/c1-12-10-17(24-18(12)20)23-11-16(19(21)22-2)15-9-5-7-13-6-3-4-8-14(13)15/h3-11,17H,1-2H3/b16-11+.